The molecule has 6 heteroatoms. The van der Waals surface area contributed by atoms with Crippen molar-refractivity contribution in [1.82, 2.24) is 0 Å². The van der Waals surface area contributed by atoms with Crippen molar-refractivity contribution in [2.24, 2.45) is 0 Å². The van der Waals surface area contributed by atoms with Gasteiger partial charge in [-0.05, 0) is 30.2 Å². The highest BCUT2D eigenvalue weighted by molar-refractivity contribution is 6.58. The highest BCUT2D eigenvalue weighted by Crippen LogP contribution is 2.17. The molecule has 1 aromatic carbocycles. The van der Waals surface area contributed by atoms with Crippen molar-refractivity contribution < 1.29 is 20.1 Å². The summed E-state index contributed by atoms with van der Waals surface area (Å²) in [6, 6.07) is 8.66. The monoisotopic (exact) mass is 234 g/mol. The predicted octanol–water partition coefficient (Wildman–Crippen LogP) is -0.525. The molecule has 1 aromatic rings. The maximum atomic E-state index is 8.58. The molecule has 90 valence electrons. The van der Waals surface area contributed by atoms with Gasteiger partial charge in [0.15, 0.2) is 0 Å². The zero-order valence-electron chi connectivity index (χ0n) is 9.53. The largest absolute Gasteiger partial charge is 0.488 e. The summed E-state index contributed by atoms with van der Waals surface area (Å²) in [6.45, 7) is 0. The SMILES string of the molecule is OB(O)C1=CCCC1.OB(O)c1ccccc1. The lowest BCUT2D eigenvalue weighted by molar-refractivity contribution is 0.417. The minimum absolute atomic E-state index is 0.525. The maximum Gasteiger partial charge on any atom is 0.488 e. The number of hydrogen-bond donors (Lipinski definition) is 4. The van der Waals surface area contributed by atoms with Crippen LogP contribution in [-0.4, -0.2) is 34.3 Å². The molecule has 0 atom stereocenters. The van der Waals surface area contributed by atoms with E-state index < -0.39 is 14.2 Å². The average molecular weight is 234 g/mol. The van der Waals surface area contributed by atoms with Crippen LogP contribution in [0.1, 0.15) is 19.3 Å². The molecule has 0 bridgehead atoms. The molecule has 4 N–H and O–H groups in total. The van der Waals surface area contributed by atoms with Gasteiger partial charge < -0.3 is 20.1 Å². The van der Waals surface area contributed by atoms with Gasteiger partial charge in [-0.2, -0.15) is 0 Å². The first-order valence-electron chi connectivity index (χ1n) is 5.57. The Hall–Kier alpha value is -1.07. The van der Waals surface area contributed by atoms with Crippen LogP contribution in [0.2, 0.25) is 0 Å². The van der Waals surface area contributed by atoms with E-state index in [-0.39, 0.29) is 0 Å². The second-order valence-electron chi connectivity index (χ2n) is 3.83. The van der Waals surface area contributed by atoms with Gasteiger partial charge in [-0.25, -0.2) is 0 Å². The van der Waals surface area contributed by atoms with E-state index in [1.807, 2.05) is 12.1 Å². The van der Waals surface area contributed by atoms with Crippen molar-refractivity contribution in [1.29, 1.82) is 0 Å². The van der Waals surface area contributed by atoms with Crippen LogP contribution in [0.5, 0.6) is 0 Å². The topological polar surface area (TPSA) is 80.9 Å². The Morgan fingerprint density at radius 1 is 0.882 bits per heavy atom. The smallest absolute Gasteiger partial charge is 0.423 e. The van der Waals surface area contributed by atoms with Crippen molar-refractivity contribution in [3.63, 3.8) is 0 Å². The highest BCUT2D eigenvalue weighted by Gasteiger charge is 2.16. The highest BCUT2D eigenvalue weighted by atomic mass is 16.4. The van der Waals surface area contributed by atoms with E-state index in [1.165, 1.54) is 0 Å². The van der Waals surface area contributed by atoms with Crippen LogP contribution >= 0.6 is 0 Å². The van der Waals surface area contributed by atoms with Gasteiger partial charge in [0.05, 0.1) is 0 Å². The quantitative estimate of drug-likeness (QED) is 0.518. The third-order valence-electron chi connectivity index (χ3n) is 2.51. The Balaban J connectivity index is 0.000000171. The zero-order valence-corrected chi connectivity index (χ0v) is 9.53. The number of benzene rings is 1. The van der Waals surface area contributed by atoms with E-state index in [4.69, 9.17) is 20.1 Å². The van der Waals surface area contributed by atoms with E-state index in [2.05, 4.69) is 0 Å². The van der Waals surface area contributed by atoms with Crippen LogP contribution in [0.4, 0.5) is 0 Å². The van der Waals surface area contributed by atoms with Crippen LogP contribution in [0, 0.1) is 0 Å². The fourth-order valence-electron chi connectivity index (χ4n) is 1.56. The summed E-state index contributed by atoms with van der Waals surface area (Å²) < 4.78 is 0. The first-order chi connectivity index (χ1) is 8.11. The van der Waals surface area contributed by atoms with Crippen molar-refractivity contribution in [3.05, 3.63) is 41.9 Å². The standard InChI is InChI=1S/C6H7BO2.C5H9BO2/c8-7(9)6-4-2-1-3-5-6;7-6(8)5-3-1-2-4-5/h1-5,8-9H;3,7-8H,1-2,4H2. The third-order valence-corrected chi connectivity index (χ3v) is 2.51. The molecule has 1 aliphatic rings. The molecule has 0 fully saturated rings. The van der Waals surface area contributed by atoms with Gasteiger partial charge in [0.25, 0.3) is 0 Å². The van der Waals surface area contributed by atoms with Crippen LogP contribution < -0.4 is 5.46 Å². The second kappa shape index (κ2) is 7.29. The molecule has 0 radical (unpaired) electrons. The van der Waals surface area contributed by atoms with E-state index in [1.54, 1.807) is 24.3 Å². The summed E-state index contributed by atoms with van der Waals surface area (Å²) in [5.74, 6) is 0. The minimum Gasteiger partial charge on any atom is -0.423 e. The van der Waals surface area contributed by atoms with Crippen molar-refractivity contribution in [3.8, 4) is 0 Å². The Kier molecular flexibility index (Phi) is 6.00. The van der Waals surface area contributed by atoms with Crippen molar-refractivity contribution >= 4 is 19.7 Å². The molecule has 0 spiro atoms. The molecule has 17 heavy (non-hydrogen) atoms. The van der Waals surface area contributed by atoms with Gasteiger partial charge in [0.1, 0.15) is 0 Å². The average Bonchev–Trinajstić information content (AvgIpc) is 2.84. The van der Waals surface area contributed by atoms with Gasteiger partial charge in [-0.15, -0.1) is 0 Å². The Morgan fingerprint density at radius 3 is 1.82 bits per heavy atom. The van der Waals surface area contributed by atoms with E-state index in [0.29, 0.717) is 5.46 Å². The molecular formula is C11H16B2O4. The van der Waals surface area contributed by atoms with E-state index >= 15 is 0 Å². The fourth-order valence-corrected chi connectivity index (χ4v) is 1.56. The molecule has 1 aliphatic carbocycles. The molecule has 0 aliphatic heterocycles. The van der Waals surface area contributed by atoms with E-state index in [9.17, 15) is 0 Å². The first-order valence-corrected chi connectivity index (χ1v) is 5.57. The Morgan fingerprint density at radius 2 is 1.53 bits per heavy atom. The molecular weight excluding hydrogens is 218 g/mol. The van der Waals surface area contributed by atoms with Crippen molar-refractivity contribution in [2.45, 2.75) is 19.3 Å². The first kappa shape index (κ1) is 14.0. The fraction of sp³-hybridized carbons (Fsp3) is 0.273. The van der Waals surface area contributed by atoms with Gasteiger partial charge in [0, 0.05) is 0 Å². The van der Waals surface area contributed by atoms with Gasteiger partial charge >= 0.3 is 14.2 Å². The summed E-state index contributed by atoms with van der Waals surface area (Å²) in [5.41, 5.74) is 1.31. The second-order valence-corrected chi connectivity index (χ2v) is 3.83. The van der Waals surface area contributed by atoms with Crippen LogP contribution in [0.15, 0.2) is 41.9 Å². The molecule has 0 amide bonds. The van der Waals surface area contributed by atoms with Gasteiger partial charge in [-0.3, -0.25) is 0 Å². The zero-order chi connectivity index (χ0) is 12.7. The van der Waals surface area contributed by atoms with Crippen LogP contribution in [-0.2, 0) is 0 Å². The molecule has 0 saturated heterocycles. The lowest BCUT2D eigenvalue weighted by Crippen LogP contribution is -2.29. The maximum absolute atomic E-state index is 8.58. The summed E-state index contributed by atoms with van der Waals surface area (Å²) in [4.78, 5) is 0. The van der Waals surface area contributed by atoms with E-state index in [0.717, 1.165) is 24.7 Å². The Bertz CT molecular complexity index is 352. The van der Waals surface area contributed by atoms with Crippen LogP contribution in [0.25, 0.3) is 0 Å². The molecule has 2 rings (SSSR count). The molecule has 0 heterocycles. The van der Waals surface area contributed by atoms with Crippen LogP contribution in [0.3, 0.4) is 0 Å². The normalized spacial score (nSPS) is 13.5. The number of rotatable bonds is 2. The predicted molar refractivity (Wildman–Crippen MR) is 68.4 cm³/mol. The van der Waals surface area contributed by atoms with Crippen molar-refractivity contribution in [2.75, 3.05) is 0 Å². The van der Waals surface area contributed by atoms with Gasteiger partial charge in [-0.1, -0.05) is 36.4 Å². The molecule has 0 aromatic heterocycles. The Labute approximate surface area is 102 Å². The van der Waals surface area contributed by atoms with Gasteiger partial charge in [0.2, 0.25) is 0 Å². The molecule has 0 saturated carbocycles. The molecule has 0 unspecified atom stereocenters. The summed E-state index contributed by atoms with van der Waals surface area (Å²) in [5, 5.41) is 34.2. The summed E-state index contributed by atoms with van der Waals surface area (Å²) in [7, 11) is -2.54. The summed E-state index contributed by atoms with van der Waals surface area (Å²) >= 11 is 0. The third kappa shape index (κ3) is 5.19. The number of hydrogen-bond acceptors (Lipinski definition) is 4. The minimum atomic E-state index is -1.34. The molecule has 4 nitrogen and oxygen atoms in total. The number of allylic oxidation sites excluding steroid dienone is 2. The lowest BCUT2D eigenvalue weighted by Gasteiger charge is -1.94. The lowest BCUT2D eigenvalue weighted by atomic mass is 9.79. The summed E-state index contributed by atoms with van der Waals surface area (Å²) in [6.07, 6.45) is 4.84.